The van der Waals surface area contributed by atoms with Crippen LogP contribution in [0, 0.1) is 11.3 Å². The summed E-state index contributed by atoms with van der Waals surface area (Å²) in [6.45, 7) is -0.126. The number of carbonyl (C=O) groups excluding carboxylic acids is 1. The molecule has 0 atom stereocenters. The van der Waals surface area contributed by atoms with Crippen molar-refractivity contribution >= 4 is 21.7 Å². The van der Waals surface area contributed by atoms with E-state index in [4.69, 9.17) is 10.00 Å². The number of ether oxygens (including phenoxy) is 2. The van der Waals surface area contributed by atoms with E-state index < -0.39 is 16.0 Å². The first-order valence-electron chi connectivity index (χ1n) is 5.64. The van der Waals surface area contributed by atoms with Crippen molar-refractivity contribution in [2.45, 2.75) is 6.42 Å². The molecule has 0 aliphatic carbocycles. The Balaban J connectivity index is 2.67. The highest BCUT2D eigenvalue weighted by molar-refractivity contribution is 7.92. The predicted octanol–water partition coefficient (Wildman–Crippen LogP) is 0.894. The second-order valence-electron chi connectivity index (χ2n) is 3.72. The first-order chi connectivity index (χ1) is 9.46. The lowest BCUT2D eigenvalue weighted by molar-refractivity contribution is -0.140. The molecule has 1 aromatic rings. The largest absolute Gasteiger partial charge is 0.479 e. The van der Waals surface area contributed by atoms with Crippen LogP contribution in [0.15, 0.2) is 24.3 Å². The summed E-state index contributed by atoms with van der Waals surface area (Å²) in [5.74, 6) is -0.593. The normalized spacial score (nSPS) is 10.4. The number of anilines is 1. The molecule has 0 amide bonds. The quantitative estimate of drug-likeness (QED) is 0.749. The Morgan fingerprint density at radius 1 is 1.45 bits per heavy atom. The molecule has 0 fully saturated rings. The smallest absolute Gasteiger partial charge is 0.306 e. The Hall–Kier alpha value is -2.27. The van der Waals surface area contributed by atoms with E-state index in [2.05, 4.69) is 9.46 Å². The third-order valence-corrected chi connectivity index (χ3v) is 3.50. The van der Waals surface area contributed by atoms with Crippen molar-refractivity contribution in [3.63, 3.8) is 0 Å². The number of nitrogens with zero attached hydrogens (tertiary/aromatic N) is 1. The van der Waals surface area contributed by atoms with Gasteiger partial charge in [-0.3, -0.25) is 9.52 Å². The number of rotatable bonds is 7. The number of nitrogens with one attached hydrogen (secondary N) is 1. The number of esters is 1. The summed E-state index contributed by atoms with van der Waals surface area (Å²) >= 11 is 0. The SMILES string of the molecule is COC(=O)CCS(=O)(=O)Nc1cccc(OCC#N)c1. The molecule has 0 aliphatic rings. The van der Waals surface area contributed by atoms with Gasteiger partial charge in [0, 0.05) is 6.07 Å². The summed E-state index contributed by atoms with van der Waals surface area (Å²) in [6, 6.07) is 7.99. The number of sulfonamides is 1. The number of methoxy groups -OCH3 is 1. The molecular weight excluding hydrogens is 284 g/mol. The average Bonchev–Trinajstić information content (AvgIpc) is 2.42. The van der Waals surface area contributed by atoms with E-state index in [0.717, 1.165) is 0 Å². The van der Waals surface area contributed by atoms with Gasteiger partial charge in [0.15, 0.2) is 6.61 Å². The summed E-state index contributed by atoms with van der Waals surface area (Å²) in [5, 5.41) is 8.40. The molecular formula is C12H14N2O5S. The predicted molar refractivity (Wildman–Crippen MR) is 71.6 cm³/mol. The monoisotopic (exact) mass is 298 g/mol. The second kappa shape index (κ2) is 7.35. The molecule has 0 aliphatic heterocycles. The minimum absolute atomic E-state index is 0.126. The van der Waals surface area contributed by atoms with Crippen LogP contribution in [0.4, 0.5) is 5.69 Å². The van der Waals surface area contributed by atoms with Crippen LogP contribution >= 0.6 is 0 Å². The Labute approximate surface area is 117 Å². The first kappa shape index (κ1) is 15.8. The van der Waals surface area contributed by atoms with Gasteiger partial charge in [-0.25, -0.2) is 8.42 Å². The van der Waals surface area contributed by atoms with E-state index in [1.165, 1.54) is 19.2 Å². The van der Waals surface area contributed by atoms with Gasteiger partial charge < -0.3 is 9.47 Å². The summed E-state index contributed by atoms with van der Waals surface area (Å²) < 4.78 is 35.2. The van der Waals surface area contributed by atoms with Gasteiger partial charge >= 0.3 is 5.97 Å². The zero-order valence-electron chi connectivity index (χ0n) is 10.8. The van der Waals surface area contributed by atoms with Crippen molar-refractivity contribution in [1.82, 2.24) is 0 Å². The fourth-order valence-corrected chi connectivity index (χ4v) is 2.34. The molecule has 7 nitrogen and oxygen atoms in total. The Morgan fingerprint density at radius 2 is 2.20 bits per heavy atom. The van der Waals surface area contributed by atoms with Crippen molar-refractivity contribution in [2.75, 3.05) is 24.2 Å². The van der Waals surface area contributed by atoms with E-state index in [1.807, 2.05) is 6.07 Å². The van der Waals surface area contributed by atoms with Gasteiger partial charge in [0.05, 0.1) is 25.0 Å². The molecule has 0 saturated carbocycles. The van der Waals surface area contributed by atoms with Crippen LogP contribution < -0.4 is 9.46 Å². The molecule has 0 aromatic heterocycles. The molecule has 20 heavy (non-hydrogen) atoms. The summed E-state index contributed by atoms with van der Waals surface area (Å²) in [4.78, 5) is 10.9. The summed E-state index contributed by atoms with van der Waals surface area (Å²) in [6.07, 6.45) is -0.226. The Bertz CT molecular complexity index is 607. The molecule has 8 heteroatoms. The number of benzene rings is 1. The van der Waals surface area contributed by atoms with Gasteiger partial charge in [-0.15, -0.1) is 0 Å². The maximum atomic E-state index is 11.7. The number of hydrogen-bond acceptors (Lipinski definition) is 6. The third kappa shape index (κ3) is 5.58. The maximum absolute atomic E-state index is 11.7. The number of nitriles is 1. The minimum Gasteiger partial charge on any atom is -0.479 e. The van der Waals surface area contributed by atoms with Gasteiger partial charge in [-0.1, -0.05) is 6.07 Å². The molecule has 0 heterocycles. The van der Waals surface area contributed by atoms with Crippen molar-refractivity contribution in [2.24, 2.45) is 0 Å². The molecule has 0 bridgehead atoms. The fourth-order valence-electron chi connectivity index (χ4n) is 1.32. The molecule has 108 valence electrons. The lowest BCUT2D eigenvalue weighted by Gasteiger charge is -2.09. The Morgan fingerprint density at radius 3 is 2.85 bits per heavy atom. The summed E-state index contributed by atoms with van der Waals surface area (Å²) in [5.41, 5.74) is 0.297. The minimum atomic E-state index is -3.65. The molecule has 0 radical (unpaired) electrons. The summed E-state index contributed by atoms with van der Waals surface area (Å²) in [7, 11) is -2.46. The van der Waals surface area contributed by atoms with Gasteiger partial charge in [0.1, 0.15) is 11.8 Å². The van der Waals surface area contributed by atoms with Crippen molar-refractivity contribution in [1.29, 1.82) is 5.26 Å². The lowest BCUT2D eigenvalue weighted by Crippen LogP contribution is -2.19. The van der Waals surface area contributed by atoms with Gasteiger partial charge in [0.2, 0.25) is 10.0 Å². The van der Waals surface area contributed by atoms with Crippen molar-refractivity contribution in [3.8, 4) is 11.8 Å². The van der Waals surface area contributed by atoms with E-state index >= 15 is 0 Å². The maximum Gasteiger partial charge on any atom is 0.306 e. The topological polar surface area (TPSA) is 105 Å². The van der Waals surface area contributed by atoms with Crippen LogP contribution in [0.3, 0.4) is 0 Å². The van der Waals surface area contributed by atoms with E-state index in [1.54, 1.807) is 12.1 Å². The van der Waals surface area contributed by atoms with Crippen LogP contribution in [0.5, 0.6) is 5.75 Å². The van der Waals surface area contributed by atoms with Crippen LogP contribution in [-0.2, 0) is 19.6 Å². The second-order valence-corrected chi connectivity index (χ2v) is 5.56. The van der Waals surface area contributed by atoms with Crippen LogP contribution in [-0.4, -0.2) is 33.9 Å². The number of hydrogen-bond donors (Lipinski definition) is 1. The third-order valence-electron chi connectivity index (χ3n) is 2.21. The molecule has 0 spiro atoms. The lowest BCUT2D eigenvalue weighted by atomic mass is 10.3. The zero-order chi connectivity index (χ0) is 15.0. The molecule has 1 N–H and O–H groups in total. The molecule has 0 unspecified atom stereocenters. The molecule has 1 aromatic carbocycles. The Kier molecular flexibility index (Phi) is 5.80. The highest BCUT2D eigenvalue weighted by Crippen LogP contribution is 2.18. The average molecular weight is 298 g/mol. The van der Waals surface area contributed by atoms with Crippen molar-refractivity contribution < 1.29 is 22.7 Å². The first-order valence-corrected chi connectivity index (χ1v) is 7.29. The van der Waals surface area contributed by atoms with Crippen LogP contribution in [0.25, 0.3) is 0 Å². The van der Waals surface area contributed by atoms with Gasteiger partial charge in [-0.05, 0) is 12.1 Å². The van der Waals surface area contributed by atoms with Crippen molar-refractivity contribution in [3.05, 3.63) is 24.3 Å². The van der Waals surface area contributed by atoms with Crippen LogP contribution in [0.2, 0.25) is 0 Å². The van der Waals surface area contributed by atoms with E-state index in [0.29, 0.717) is 11.4 Å². The highest BCUT2D eigenvalue weighted by Gasteiger charge is 2.14. The molecule has 0 saturated heterocycles. The van der Waals surface area contributed by atoms with Gasteiger partial charge in [0.25, 0.3) is 0 Å². The van der Waals surface area contributed by atoms with Gasteiger partial charge in [-0.2, -0.15) is 5.26 Å². The number of carbonyl (C=O) groups is 1. The highest BCUT2D eigenvalue weighted by atomic mass is 32.2. The standard InChI is InChI=1S/C12H14N2O5S/c1-18-12(15)5-8-20(16,17)14-10-3-2-4-11(9-10)19-7-6-13/h2-4,9,14H,5,7-8H2,1H3. The zero-order valence-corrected chi connectivity index (χ0v) is 11.6. The van der Waals surface area contributed by atoms with E-state index in [-0.39, 0.29) is 18.8 Å². The van der Waals surface area contributed by atoms with Crippen LogP contribution in [0.1, 0.15) is 6.42 Å². The fraction of sp³-hybridized carbons (Fsp3) is 0.333. The van der Waals surface area contributed by atoms with E-state index in [9.17, 15) is 13.2 Å². The molecule has 1 rings (SSSR count).